The van der Waals surface area contributed by atoms with Crippen molar-refractivity contribution in [3.05, 3.63) is 70.3 Å². The van der Waals surface area contributed by atoms with Crippen molar-refractivity contribution in [3.8, 4) is 0 Å². The number of Topliss-reactive ketones (excluding diaryl/α,β-unsaturated/α-hetero) is 1. The van der Waals surface area contributed by atoms with Crippen molar-refractivity contribution in [2.24, 2.45) is 0 Å². The lowest BCUT2D eigenvalue weighted by Crippen LogP contribution is -2.23. The molecule has 0 radical (unpaired) electrons. The van der Waals surface area contributed by atoms with Crippen LogP contribution in [0, 0.1) is 13.8 Å². The number of nitrogens with zero attached hydrogens (tertiary/aromatic N) is 1. The molecule has 0 saturated heterocycles. The van der Waals surface area contributed by atoms with Crippen molar-refractivity contribution < 1.29 is 9.59 Å². The number of carbonyl (C=O) groups excluding carboxylic acids is 2. The molecule has 3 nitrogen and oxygen atoms in total. The van der Waals surface area contributed by atoms with Gasteiger partial charge in [-0.2, -0.15) is 0 Å². The fraction of sp³-hybridized carbons (Fsp3) is 0.158. The summed E-state index contributed by atoms with van der Waals surface area (Å²) in [5.41, 5.74) is 3.76. The highest BCUT2D eigenvalue weighted by molar-refractivity contribution is 8.04. The molecule has 1 aliphatic heterocycles. The van der Waals surface area contributed by atoms with Gasteiger partial charge in [0.15, 0.2) is 0 Å². The van der Waals surface area contributed by atoms with Crippen molar-refractivity contribution in [3.63, 3.8) is 0 Å². The SMILES string of the molecule is CC(=O)N(/C=C1\Sc2ccccc2C1=O)c1ccc(C)c(C)c1. The number of rotatable bonds is 2. The largest absolute Gasteiger partial charge is 0.288 e. The third-order valence-corrected chi connectivity index (χ3v) is 5.02. The average Bonchev–Trinajstić information content (AvgIpc) is 2.84. The van der Waals surface area contributed by atoms with E-state index in [0.29, 0.717) is 10.5 Å². The number of carbonyl (C=O) groups is 2. The quantitative estimate of drug-likeness (QED) is 0.764. The summed E-state index contributed by atoms with van der Waals surface area (Å²) in [4.78, 5) is 27.6. The first-order chi connectivity index (χ1) is 11.0. The minimum Gasteiger partial charge on any atom is -0.288 e. The third kappa shape index (κ3) is 2.94. The van der Waals surface area contributed by atoms with Gasteiger partial charge in [0.2, 0.25) is 11.7 Å². The second kappa shape index (κ2) is 6.05. The molecule has 0 atom stereocenters. The van der Waals surface area contributed by atoms with E-state index in [4.69, 9.17) is 0 Å². The normalized spacial score (nSPS) is 14.9. The van der Waals surface area contributed by atoms with Crippen LogP contribution in [0.3, 0.4) is 0 Å². The van der Waals surface area contributed by atoms with Crippen LogP contribution in [0.15, 0.2) is 58.5 Å². The molecule has 0 bridgehead atoms. The smallest absolute Gasteiger partial charge is 0.227 e. The van der Waals surface area contributed by atoms with Crippen LogP contribution in [0.5, 0.6) is 0 Å². The van der Waals surface area contributed by atoms with Gasteiger partial charge in [0.05, 0.1) is 4.91 Å². The maximum atomic E-state index is 12.5. The molecule has 4 heteroatoms. The van der Waals surface area contributed by atoms with Crippen LogP contribution in [0.1, 0.15) is 28.4 Å². The van der Waals surface area contributed by atoms with Crippen LogP contribution in [-0.2, 0) is 4.79 Å². The number of ketones is 1. The van der Waals surface area contributed by atoms with Gasteiger partial charge in [-0.1, -0.05) is 30.0 Å². The lowest BCUT2D eigenvalue weighted by Gasteiger charge is -2.18. The summed E-state index contributed by atoms with van der Waals surface area (Å²) >= 11 is 1.41. The number of hydrogen-bond acceptors (Lipinski definition) is 3. The predicted molar refractivity (Wildman–Crippen MR) is 93.8 cm³/mol. The number of allylic oxidation sites excluding steroid dienone is 1. The molecule has 2 aromatic rings. The summed E-state index contributed by atoms with van der Waals surface area (Å²) in [6, 6.07) is 13.4. The van der Waals surface area contributed by atoms with Crippen LogP contribution < -0.4 is 4.90 Å². The van der Waals surface area contributed by atoms with E-state index in [1.807, 2.05) is 56.3 Å². The van der Waals surface area contributed by atoms with Crippen molar-refractivity contribution in [1.29, 1.82) is 0 Å². The molecular formula is C19H17NO2S. The lowest BCUT2D eigenvalue weighted by atomic mass is 10.1. The minimum atomic E-state index is -0.120. The molecule has 116 valence electrons. The van der Waals surface area contributed by atoms with E-state index in [9.17, 15) is 9.59 Å². The molecule has 0 fully saturated rings. The Balaban J connectivity index is 1.99. The van der Waals surface area contributed by atoms with Gasteiger partial charge >= 0.3 is 0 Å². The van der Waals surface area contributed by atoms with E-state index in [2.05, 4.69) is 0 Å². The number of anilines is 1. The standard InChI is InChI=1S/C19H17NO2S/c1-12-8-9-15(10-13(12)2)20(14(3)21)11-18-19(22)16-6-4-5-7-17(16)23-18/h4-11H,1-3H3/b18-11-. The van der Waals surface area contributed by atoms with Crippen molar-refractivity contribution in [2.45, 2.75) is 25.7 Å². The fourth-order valence-corrected chi connectivity index (χ4v) is 3.48. The van der Waals surface area contributed by atoms with Gasteiger partial charge in [-0.05, 0) is 49.2 Å². The summed E-state index contributed by atoms with van der Waals surface area (Å²) < 4.78 is 0. The Labute approximate surface area is 140 Å². The van der Waals surface area contributed by atoms with Crippen LogP contribution in [0.4, 0.5) is 5.69 Å². The van der Waals surface area contributed by atoms with E-state index in [-0.39, 0.29) is 11.7 Å². The predicted octanol–water partition coefficient (Wildman–Crippen LogP) is 4.49. The molecule has 0 aromatic heterocycles. The molecule has 2 aromatic carbocycles. The maximum Gasteiger partial charge on any atom is 0.227 e. The summed E-state index contributed by atoms with van der Waals surface area (Å²) in [6.07, 6.45) is 1.65. The van der Waals surface area contributed by atoms with Crippen molar-refractivity contribution >= 4 is 29.1 Å². The molecular weight excluding hydrogens is 306 g/mol. The van der Waals surface area contributed by atoms with Gasteiger partial charge in [-0.3, -0.25) is 14.5 Å². The van der Waals surface area contributed by atoms with Crippen LogP contribution >= 0.6 is 11.8 Å². The molecule has 3 rings (SSSR count). The highest BCUT2D eigenvalue weighted by Crippen LogP contribution is 2.40. The number of hydrogen-bond donors (Lipinski definition) is 0. The van der Waals surface area contributed by atoms with E-state index >= 15 is 0 Å². The van der Waals surface area contributed by atoms with Gasteiger partial charge in [0, 0.05) is 29.3 Å². The summed E-state index contributed by atoms with van der Waals surface area (Å²) in [5, 5.41) is 0. The average molecular weight is 323 g/mol. The first-order valence-corrected chi connectivity index (χ1v) is 8.19. The van der Waals surface area contributed by atoms with Crippen LogP contribution in [0.25, 0.3) is 0 Å². The molecule has 0 spiro atoms. The highest BCUT2D eigenvalue weighted by Gasteiger charge is 2.26. The molecule has 0 aliphatic carbocycles. The van der Waals surface area contributed by atoms with Gasteiger partial charge in [0.1, 0.15) is 0 Å². The van der Waals surface area contributed by atoms with Crippen molar-refractivity contribution in [2.75, 3.05) is 4.90 Å². The fourth-order valence-electron chi connectivity index (χ4n) is 2.47. The number of amides is 1. The minimum absolute atomic E-state index is 0.0271. The maximum absolute atomic E-state index is 12.5. The molecule has 0 N–H and O–H groups in total. The Morgan fingerprint density at radius 2 is 1.83 bits per heavy atom. The third-order valence-electron chi connectivity index (χ3n) is 3.93. The Bertz CT molecular complexity index is 839. The molecule has 23 heavy (non-hydrogen) atoms. The monoisotopic (exact) mass is 323 g/mol. The molecule has 1 heterocycles. The second-order valence-electron chi connectivity index (χ2n) is 5.58. The van der Waals surface area contributed by atoms with E-state index in [0.717, 1.165) is 16.1 Å². The topological polar surface area (TPSA) is 37.4 Å². The molecule has 1 aliphatic rings. The Morgan fingerprint density at radius 3 is 2.48 bits per heavy atom. The Morgan fingerprint density at radius 1 is 1.09 bits per heavy atom. The van der Waals surface area contributed by atoms with Crippen molar-refractivity contribution in [1.82, 2.24) is 0 Å². The second-order valence-corrected chi connectivity index (χ2v) is 6.66. The Hall–Kier alpha value is -2.33. The van der Waals surface area contributed by atoms with Crippen LogP contribution in [0.2, 0.25) is 0 Å². The molecule has 0 saturated carbocycles. The zero-order valence-corrected chi connectivity index (χ0v) is 14.1. The van der Waals surface area contributed by atoms with Gasteiger partial charge < -0.3 is 0 Å². The summed E-state index contributed by atoms with van der Waals surface area (Å²) in [7, 11) is 0. The molecule has 0 unspecified atom stereocenters. The number of thioether (sulfide) groups is 1. The van der Waals surface area contributed by atoms with Gasteiger partial charge in [0.25, 0.3) is 0 Å². The molecule has 1 amide bonds. The van der Waals surface area contributed by atoms with Crippen LogP contribution in [-0.4, -0.2) is 11.7 Å². The van der Waals surface area contributed by atoms with Gasteiger partial charge in [-0.25, -0.2) is 0 Å². The number of fused-ring (bicyclic) bond motifs is 1. The lowest BCUT2D eigenvalue weighted by molar-refractivity contribution is -0.116. The zero-order valence-electron chi connectivity index (χ0n) is 13.3. The Kier molecular flexibility index (Phi) is 4.09. The zero-order chi connectivity index (χ0) is 16.6. The first-order valence-electron chi connectivity index (χ1n) is 7.38. The number of aryl methyl sites for hydroxylation is 2. The van der Waals surface area contributed by atoms with Gasteiger partial charge in [-0.15, -0.1) is 0 Å². The summed E-state index contributed by atoms with van der Waals surface area (Å²) in [6.45, 7) is 5.54. The summed E-state index contributed by atoms with van der Waals surface area (Å²) in [5.74, 6) is -0.147. The van der Waals surface area contributed by atoms with E-state index in [1.54, 1.807) is 11.1 Å². The van der Waals surface area contributed by atoms with E-state index < -0.39 is 0 Å². The first kappa shape index (κ1) is 15.6. The highest BCUT2D eigenvalue weighted by atomic mass is 32.2. The number of benzene rings is 2. The van der Waals surface area contributed by atoms with E-state index in [1.165, 1.54) is 24.2 Å².